The molecule has 0 aromatic heterocycles. The smallest absolute Gasteiger partial charge is 0.258 e. The summed E-state index contributed by atoms with van der Waals surface area (Å²) in [6.45, 7) is 0. The Bertz CT molecular complexity index is 834. The molecule has 3 N–H and O–H groups in total. The molecular formula is C17H12N2O2. The second-order valence-corrected chi connectivity index (χ2v) is 5.02. The third-order valence-electron chi connectivity index (χ3n) is 3.68. The van der Waals surface area contributed by atoms with Crippen LogP contribution in [-0.4, -0.2) is 11.0 Å². The van der Waals surface area contributed by atoms with Crippen molar-refractivity contribution in [1.82, 2.24) is 0 Å². The highest BCUT2D eigenvalue weighted by atomic mass is 16.3. The highest BCUT2D eigenvalue weighted by Gasteiger charge is 2.28. The Labute approximate surface area is 121 Å². The average Bonchev–Trinajstić information content (AvgIpc) is 2.82. The zero-order valence-corrected chi connectivity index (χ0v) is 11.1. The van der Waals surface area contributed by atoms with Crippen LogP contribution in [0.4, 0.5) is 11.4 Å². The number of fused-ring (bicyclic) bond motifs is 2. The lowest BCUT2D eigenvalue weighted by atomic mass is 10.0. The van der Waals surface area contributed by atoms with Crippen LogP contribution in [0.25, 0.3) is 11.6 Å². The molecule has 2 aromatic carbocycles. The fraction of sp³-hybridized carbons (Fsp3) is 0. The SMILES string of the molecule is O=C1Nc2ccc(O)cc2/C1=C1\C=Cc2ccccc2N1. The number of anilines is 2. The number of rotatable bonds is 0. The Kier molecular flexibility index (Phi) is 2.38. The van der Waals surface area contributed by atoms with E-state index in [1.807, 2.05) is 36.4 Å². The summed E-state index contributed by atoms with van der Waals surface area (Å²) < 4.78 is 0. The number of carbonyl (C=O) groups excluding carboxylic acids is 1. The molecule has 0 unspecified atom stereocenters. The van der Waals surface area contributed by atoms with Gasteiger partial charge < -0.3 is 15.7 Å². The van der Waals surface area contributed by atoms with Gasteiger partial charge in [0.05, 0.1) is 11.3 Å². The van der Waals surface area contributed by atoms with Crippen molar-refractivity contribution in [2.75, 3.05) is 10.6 Å². The molecule has 4 heteroatoms. The van der Waals surface area contributed by atoms with Gasteiger partial charge in [0, 0.05) is 16.9 Å². The predicted molar refractivity (Wildman–Crippen MR) is 82.8 cm³/mol. The highest BCUT2D eigenvalue weighted by Crippen LogP contribution is 2.38. The Hall–Kier alpha value is -3.01. The molecule has 4 nitrogen and oxygen atoms in total. The van der Waals surface area contributed by atoms with Crippen LogP contribution in [0.1, 0.15) is 11.1 Å². The van der Waals surface area contributed by atoms with Crippen molar-refractivity contribution in [3.63, 3.8) is 0 Å². The van der Waals surface area contributed by atoms with E-state index in [0.717, 1.165) is 16.9 Å². The molecule has 1 amide bonds. The normalized spacial score (nSPS) is 18.8. The summed E-state index contributed by atoms with van der Waals surface area (Å²) in [4.78, 5) is 12.2. The number of hydrogen-bond donors (Lipinski definition) is 3. The van der Waals surface area contributed by atoms with Gasteiger partial charge in [0.15, 0.2) is 0 Å². The van der Waals surface area contributed by atoms with Crippen molar-refractivity contribution < 1.29 is 9.90 Å². The van der Waals surface area contributed by atoms with E-state index >= 15 is 0 Å². The molecule has 2 heterocycles. The Morgan fingerprint density at radius 1 is 0.905 bits per heavy atom. The van der Waals surface area contributed by atoms with Crippen molar-refractivity contribution in [1.29, 1.82) is 0 Å². The number of allylic oxidation sites excluding steroid dienone is 1. The van der Waals surface area contributed by atoms with E-state index in [0.29, 0.717) is 16.8 Å². The maximum absolute atomic E-state index is 12.2. The van der Waals surface area contributed by atoms with Crippen LogP contribution in [0.5, 0.6) is 5.75 Å². The fourth-order valence-corrected chi connectivity index (χ4v) is 2.68. The van der Waals surface area contributed by atoms with E-state index in [1.54, 1.807) is 18.2 Å². The van der Waals surface area contributed by atoms with Crippen molar-refractivity contribution in [2.24, 2.45) is 0 Å². The Morgan fingerprint density at radius 2 is 1.76 bits per heavy atom. The van der Waals surface area contributed by atoms with Gasteiger partial charge in [0.2, 0.25) is 0 Å². The summed E-state index contributed by atoms with van der Waals surface area (Å²) in [6.07, 6.45) is 3.86. The molecule has 0 aliphatic carbocycles. The van der Waals surface area contributed by atoms with Gasteiger partial charge >= 0.3 is 0 Å². The molecule has 21 heavy (non-hydrogen) atoms. The van der Waals surface area contributed by atoms with Gasteiger partial charge in [-0.05, 0) is 35.9 Å². The molecule has 0 atom stereocenters. The van der Waals surface area contributed by atoms with Gasteiger partial charge in [-0.25, -0.2) is 0 Å². The summed E-state index contributed by atoms with van der Waals surface area (Å²) in [5.74, 6) is -0.0225. The lowest BCUT2D eigenvalue weighted by molar-refractivity contribution is -0.110. The number of hydrogen-bond acceptors (Lipinski definition) is 3. The average molecular weight is 276 g/mol. The topological polar surface area (TPSA) is 61.4 Å². The number of carbonyl (C=O) groups is 1. The first-order valence-corrected chi connectivity index (χ1v) is 6.65. The summed E-state index contributed by atoms with van der Waals surface area (Å²) in [5.41, 5.74) is 4.75. The molecule has 2 aromatic rings. The minimum Gasteiger partial charge on any atom is -0.508 e. The lowest BCUT2D eigenvalue weighted by Gasteiger charge is -2.17. The van der Waals surface area contributed by atoms with Gasteiger partial charge in [-0.1, -0.05) is 24.3 Å². The van der Waals surface area contributed by atoms with Crippen molar-refractivity contribution in [3.05, 3.63) is 65.4 Å². The third kappa shape index (κ3) is 1.80. The first-order chi connectivity index (χ1) is 10.2. The fourth-order valence-electron chi connectivity index (χ4n) is 2.68. The molecule has 0 fully saturated rings. The van der Waals surface area contributed by atoms with E-state index in [2.05, 4.69) is 10.6 Å². The van der Waals surface area contributed by atoms with E-state index < -0.39 is 0 Å². The molecule has 2 aliphatic heterocycles. The number of benzene rings is 2. The number of nitrogens with one attached hydrogen (secondary N) is 2. The lowest BCUT2D eigenvalue weighted by Crippen LogP contribution is -2.11. The third-order valence-corrected chi connectivity index (χ3v) is 3.68. The van der Waals surface area contributed by atoms with Gasteiger partial charge in [0.25, 0.3) is 5.91 Å². The molecule has 0 bridgehead atoms. The number of para-hydroxylation sites is 1. The molecular weight excluding hydrogens is 264 g/mol. The minimum absolute atomic E-state index is 0.142. The van der Waals surface area contributed by atoms with Crippen LogP contribution in [0, 0.1) is 0 Å². The Morgan fingerprint density at radius 3 is 2.67 bits per heavy atom. The van der Waals surface area contributed by atoms with Crippen LogP contribution >= 0.6 is 0 Å². The van der Waals surface area contributed by atoms with E-state index in [1.165, 1.54) is 0 Å². The zero-order chi connectivity index (χ0) is 14.4. The summed E-state index contributed by atoms with van der Waals surface area (Å²) in [5, 5.41) is 15.8. The van der Waals surface area contributed by atoms with Crippen LogP contribution in [-0.2, 0) is 4.79 Å². The molecule has 4 rings (SSSR count). The standard InChI is InChI=1S/C17H12N2O2/c20-11-6-8-14-12(9-11)16(17(21)19-14)15-7-5-10-3-1-2-4-13(10)18-15/h1-9,18,20H,(H,19,21)/b16-15-. The maximum Gasteiger partial charge on any atom is 0.258 e. The summed E-state index contributed by atoms with van der Waals surface area (Å²) in [6, 6.07) is 12.8. The molecule has 102 valence electrons. The number of aromatic hydroxyl groups is 1. The zero-order valence-electron chi connectivity index (χ0n) is 11.1. The first-order valence-electron chi connectivity index (χ1n) is 6.65. The van der Waals surface area contributed by atoms with Crippen LogP contribution in [0.2, 0.25) is 0 Å². The van der Waals surface area contributed by atoms with Crippen LogP contribution in [0.3, 0.4) is 0 Å². The van der Waals surface area contributed by atoms with Gasteiger partial charge in [-0.3, -0.25) is 4.79 Å². The quantitative estimate of drug-likeness (QED) is 0.511. The first kappa shape index (κ1) is 11.8. The van der Waals surface area contributed by atoms with Crippen molar-refractivity contribution in [3.8, 4) is 5.75 Å². The molecule has 2 aliphatic rings. The van der Waals surface area contributed by atoms with E-state index in [9.17, 15) is 9.90 Å². The Balaban J connectivity index is 1.88. The van der Waals surface area contributed by atoms with Crippen molar-refractivity contribution >= 4 is 28.9 Å². The number of phenolic OH excluding ortho intramolecular Hbond substituents is 1. The predicted octanol–water partition coefficient (Wildman–Crippen LogP) is 3.19. The second kappa shape index (κ2) is 4.24. The van der Waals surface area contributed by atoms with Crippen LogP contribution < -0.4 is 10.6 Å². The molecule has 0 radical (unpaired) electrons. The van der Waals surface area contributed by atoms with E-state index in [-0.39, 0.29) is 11.7 Å². The van der Waals surface area contributed by atoms with Gasteiger partial charge in [0.1, 0.15) is 5.75 Å². The van der Waals surface area contributed by atoms with Gasteiger partial charge in [-0.2, -0.15) is 0 Å². The summed E-state index contributed by atoms with van der Waals surface area (Å²) in [7, 11) is 0. The maximum atomic E-state index is 12.2. The number of phenols is 1. The van der Waals surface area contributed by atoms with E-state index in [4.69, 9.17) is 0 Å². The highest BCUT2D eigenvalue weighted by molar-refractivity contribution is 6.33. The monoisotopic (exact) mass is 276 g/mol. The summed E-state index contributed by atoms with van der Waals surface area (Å²) >= 11 is 0. The van der Waals surface area contributed by atoms with Crippen LogP contribution in [0.15, 0.2) is 54.2 Å². The number of amides is 1. The minimum atomic E-state index is -0.165. The van der Waals surface area contributed by atoms with Gasteiger partial charge in [-0.15, -0.1) is 0 Å². The molecule has 0 saturated heterocycles. The van der Waals surface area contributed by atoms with Crippen molar-refractivity contribution in [2.45, 2.75) is 0 Å². The molecule has 0 saturated carbocycles. The second-order valence-electron chi connectivity index (χ2n) is 5.02. The molecule has 0 spiro atoms. The largest absolute Gasteiger partial charge is 0.508 e.